The molecule has 0 amide bonds. The van der Waals surface area contributed by atoms with Crippen molar-refractivity contribution in [3.63, 3.8) is 0 Å². The minimum Gasteiger partial charge on any atom is -0.505 e. The molecular formula is C17H13NO8S2. The first-order valence-corrected chi connectivity index (χ1v) is 10.4. The van der Waals surface area contributed by atoms with E-state index in [1.54, 1.807) is 18.2 Å². The molecule has 3 rings (SSSR count). The Labute approximate surface area is 159 Å². The Morgan fingerprint density at radius 3 is 1.96 bits per heavy atom. The van der Waals surface area contributed by atoms with Gasteiger partial charge in [-0.1, -0.05) is 30.3 Å². The smallest absolute Gasteiger partial charge is 0.296 e. The van der Waals surface area contributed by atoms with Crippen LogP contribution in [0.2, 0.25) is 0 Å². The number of benzene rings is 3. The lowest BCUT2D eigenvalue weighted by Gasteiger charge is -2.14. The van der Waals surface area contributed by atoms with Gasteiger partial charge in [-0.25, -0.2) is 0 Å². The maximum atomic E-state index is 12.8. The van der Waals surface area contributed by atoms with E-state index in [-0.39, 0.29) is 16.5 Å². The van der Waals surface area contributed by atoms with Gasteiger partial charge in [-0.2, -0.15) is 16.8 Å². The van der Waals surface area contributed by atoms with Crippen molar-refractivity contribution in [3.8, 4) is 5.75 Å². The molecule has 0 atom stereocenters. The fourth-order valence-electron chi connectivity index (χ4n) is 2.83. The standard InChI is InChI=1S/C17H13NO8S2/c18-15-13(28(24,25)26)8-11-12(27(21,22)23)7-6-10(14(11)17(15)20)16(19)9-4-2-1-3-5-9/h1-8,20H,18H2,(H,21,22,23)(H,24,25,26). The maximum Gasteiger partial charge on any atom is 0.296 e. The van der Waals surface area contributed by atoms with Crippen LogP contribution in [0.15, 0.2) is 58.3 Å². The van der Waals surface area contributed by atoms with Crippen LogP contribution in [0, 0.1) is 0 Å². The first kappa shape index (κ1) is 19.8. The number of hydrogen-bond donors (Lipinski definition) is 4. The summed E-state index contributed by atoms with van der Waals surface area (Å²) in [5.41, 5.74) is 4.84. The second-order valence-electron chi connectivity index (χ2n) is 5.82. The van der Waals surface area contributed by atoms with Gasteiger partial charge in [0.25, 0.3) is 20.2 Å². The number of nitrogen functional groups attached to an aromatic ring is 1. The van der Waals surface area contributed by atoms with Gasteiger partial charge in [-0.05, 0) is 18.2 Å². The number of rotatable bonds is 4. The van der Waals surface area contributed by atoms with Crippen LogP contribution in [-0.4, -0.2) is 36.8 Å². The molecule has 0 unspecified atom stereocenters. The molecule has 0 aromatic heterocycles. The van der Waals surface area contributed by atoms with E-state index < -0.39 is 52.6 Å². The Morgan fingerprint density at radius 1 is 0.857 bits per heavy atom. The Morgan fingerprint density at radius 2 is 1.43 bits per heavy atom. The predicted molar refractivity (Wildman–Crippen MR) is 99.5 cm³/mol. The Balaban J connectivity index is 2.51. The van der Waals surface area contributed by atoms with E-state index >= 15 is 0 Å². The third-order valence-electron chi connectivity index (χ3n) is 4.07. The topological polar surface area (TPSA) is 172 Å². The highest BCUT2D eigenvalue weighted by molar-refractivity contribution is 7.86. The van der Waals surface area contributed by atoms with Crippen LogP contribution in [-0.2, 0) is 20.2 Å². The van der Waals surface area contributed by atoms with Crippen molar-refractivity contribution in [1.29, 1.82) is 0 Å². The van der Waals surface area contributed by atoms with Gasteiger partial charge < -0.3 is 10.8 Å². The summed E-state index contributed by atoms with van der Waals surface area (Å²) in [5.74, 6) is -1.53. The van der Waals surface area contributed by atoms with Gasteiger partial charge in [-0.3, -0.25) is 13.9 Å². The highest BCUT2D eigenvalue weighted by atomic mass is 32.2. The largest absolute Gasteiger partial charge is 0.505 e. The second kappa shape index (κ2) is 6.56. The van der Waals surface area contributed by atoms with E-state index in [0.717, 1.165) is 12.1 Å². The lowest BCUT2D eigenvalue weighted by atomic mass is 9.96. The van der Waals surface area contributed by atoms with Crippen LogP contribution in [0.1, 0.15) is 15.9 Å². The van der Waals surface area contributed by atoms with Crippen LogP contribution in [0.5, 0.6) is 5.75 Å². The highest BCUT2D eigenvalue weighted by Crippen LogP contribution is 2.41. The second-order valence-corrected chi connectivity index (χ2v) is 8.60. The van der Waals surface area contributed by atoms with Crippen LogP contribution < -0.4 is 5.73 Å². The average molecular weight is 423 g/mol. The number of fused-ring (bicyclic) bond motifs is 1. The SMILES string of the molecule is Nc1c(S(=O)(=O)O)cc2c(S(=O)(=O)O)ccc(C(=O)c3ccccc3)c2c1O. The number of aromatic hydroxyl groups is 1. The summed E-state index contributed by atoms with van der Waals surface area (Å²) in [4.78, 5) is 11.1. The lowest BCUT2D eigenvalue weighted by Crippen LogP contribution is -2.09. The van der Waals surface area contributed by atoms with Gasteiger partial charge in [0.05, 0.1) is 5.69 Å². The summed E-state index contributed by atoms with van der Waals surface area (Å²) >= 11 is 0. The quantitative estimate of drug-likeness (QED) is 0.211. The minimum absolute atomic E-state index is 0.181. The number of nitrogens with two attached hydrogens (primary N) is 1. The number of ketones is 1. The van der Waals surface area contributed by atoms with E-state index in [1.165, 1.54) is 12.1 Å². The van der Waals surface area contributed by atoms with Crippen molar-refractivity contribution < 1.29 is 35.8 Å². The van der Waals surface area contributed by atoms with Crippen LogP contribution >= 0.6 is 0 Å². The molecule has 0 saturated carbocycles. The van der Waals surface area contributed by atoms with Gasteiger partial charge in [0.15, 0.2) is 5.78 Å². The van der Waals surface area contributed by atoms with Crippen molar-refractivity contribution >= 4 is 42.5 Å². The molecule has 0 bridgehead atoms. The number of anilines is 1. The molecule has 0 aliphatic rings. The van der Waals surface area contributed by atoms with Crippen LogP contribution in [0.25, 0.3) is 10.8 Å². The predicted octanol–water partition coefficient (Wildman–Crippen LogP) is 1.85. The number of carbonyl (C=O) groups excluding carboxylic acids is 1. The van der Waals surface area contributed by atoms with Crippen molar-refractivity contribution in [2.75, 3.05) is 5.73 Å². The van der Waals surface area contributed by atoms with Gasteiger partial charge in [0, 0.05) is 21.9 Å². The highest BCUT2D eigenvalue weighted by Gasteiger charge is 2.27. The van der Waals surface area contributed by atoms with Crippen molar-refractivity contribution in [2.24, 2.45) is 0 Å². The van der Waals surface area contributed by atoms with Gasteiger partial charge >= 0.3 is 0 Å². The zero-order chi connectivity index (χ0) is 20.9. The molecular weight excluding hydrogens is 410 g/mol. The van der Waals surface area contributed by atoms with E-state index in [9.17, 15) is 35.8 Å². The van der Waals surface area contributed by atoms with Gasteiger partial charge in [0.1, 0.15) is 15.5 Å². The molecule has 0 fully saturated rings. The van der Waals surface area contributed by atoms with E-state index in [0.29, 0.717) is 6.07 Å². The molecule has 0 aliphatic heterocycles. The molecule has 0 aliphatic carbocycles. The zero-order valence-electron chi connectivity index (χ0n) is 13.9. The molecule has 0 heterocycles. The summed E-state index contributed by atoms with van der Waals surface area (Å²) in [6.45, 7) is 0. The molecule has 3 aromatic rings. The Bertz CT molecular complexity index is 1330. The molecule has 11 heteroatoms. The fraction of sp³-hybridized carbons (Fsp3) is 0. The summed E-state index contributed by atoms with van der Waals surface area (Å²) in [5, 5.41) is 9.56. The molecule has 0 spiro atoms. The number of phenols is 1. The average Bonchev–Trinajstić information content (AvgIpc) is 2.62. The van der Waals surface area contributed by atoms with Crippen molar-refractivity contribution in [3.05, 3.63) is 59.7 Å². The fourth-order valence-corrected chi connectivity index (χ4v) is 4.15. The monoisotopic (exact) mass is 423 g/mol. The summed E-state index contributed by atoms with van der Waals surface area (Å²) in [6, 6.07) is 10.4. The van der Waals surface area contributed by atoms with Gasteiger partial charge in [-0.15, -0.1) is 0 Å². The molecule has 3 aromatic carbocycles. The van der Waals surface area contributed by atoms with Crippen molar-refractivity contribution in [1.82, 2.24) is 0 Å². The first-order valence-electron chi connectivity index (χ1n) is 7.56. The van der Waals surface area contributed by atoms with Crippen LogP contribution in [0.3, 0.4) is 0 Å². The van der Waals surface area contributed by atoms with Gasteiger partial charge in [0.2, 0.25) is 0 Å². The zero-order valence-corrected chi connectivity index (χ0v) is 15.5. The normalized spacial score (nSPS) is 12.2. The van der Waals surface area contributed by atoms with E-state index in [2.05, 4.69) is 0 Å². The number of carbonyl (C=O) groups is 1. The summed E-state index contributed by atoms with van der Waals surface area (Å²) in [7, 11) is -9.81. The van der Waals surface area contributed by atoms with Crippen LogP contribution in [0.4, 0.5) is 5.69 Å². The minimum atomic E-state index is -4.94. The third kappa shape index (κ3) is 3.31. The summed E-state index contributed by atoms with van der Waals surface area (Å²) in [6.07, 6.45) is 0. The maximum absolute atomic E-state index is 12.8. The van der Waals surface area contributed by atoms with E-state index in [4.69, 9.17) is 5.73 Å². The van der Waals surface area contributed by atoms with Crippen molar-refractivity contribution in [2.45, 2.75) is 9.79 Å². The molecule has 28 heavy (non-hydrogen) atoms. The molecule has 146 valence electrons. The Kier molecular flexibility index (Phi) is 4.63. The molecule has 5 N–H and O–H groups in total. The molecule has 9 nitrogen and oxygen atoms in total. The summed E-state index contributed by atoms with van der Waals surface area (Å²) < 4.78 is 65.2. The van der Waals surface area contributed by atoms with E-state index in [1.807, 2.05) is 0 Å². The molecule has 0 saturated heterocycles. The number of phenolic OH excluding ortho intramolecular Hbond substituents is 1. The number of hydrogen-bond acceptors (Lipinski definition) is 7. The Hall–Kier alpha value is -2.99. The molecule has 0 radical (unpaired) electrons. The first-order chi connectivity index (χ1) is 12.9. The lowest BCUT2D eigenvalue weighted by molar-refractivity contribution is 0.104. The third-order valence-corrected chi connectivity index (χ3v) is 5.88.